The first-order valence-corrected chi connectivity index (χ1v) is 8.84. The van der Waals surface area contributed by atoms with Crippen LogP contribution in [0.5, 0.6) is 0 Å². The SMILES string of the molecule is c1ccc2c(c1)ncn1nc(SCCN3CCCCC3)nc21. The van der Waals surface area contributed by atoms with E-state index in [9.17, 15) is 0 Å². The molecule has 0 N–H and O–H groups in total. The zero-order valence-electron chi connectivity index (χ0n) is 12.5. The Kier molecular flexibility index (Phi) is 3.95. The predicted octanol–water partition coefficient (Wildman–Crippen LogP) is 2.86. The molecule has 1 fully saturated rings. The summed E-state index contributed by atoms with van der Waals surface area (Å²) >= 11 is 1.74. The summed E-state index contributed by atoms with van der Waals surface area (Å²) in [6, 6.07) is 8.07. The molecule has 0 saturated carbocycles. The number of nitrogens with zero attached hydrogens (tertiary/aromatic N) is 5. The van der Waals surface area contributed by atoms with Crippen LogP contribution in [0.4, 0.5) is 0 Å². The van der Waals surface area contributed by atoms with E-state index in [1.807, 2.05) is 18.2 Å². The molecule has 0 aliphatic carbocycles. The maximum atomic E-state index is 4.68. The summed E-state index contributed by atoms with van der Waals surface area (Å²) in [5.74, 6) is 1.04. The zero-order valence-corrected chi connectivity index (χ0v) is 13.3. The van der Waals surface area contributed by atoms with Crippen molar-refractivity contribution in [2.75, 3.05) is 25.4 Å². The lowest BCUT2D eigenvalue weighted by Gasteiger charge is -2.25. The van der Waals surface area contributed by atoms with Crippen molar-refractivity contribution in [1.29, 1.82) is 0 Å². The van der Waals surface area contributed by atoms with Crippen LogP contribution in [-0.4, -0.2) is 49.9 Å². The van der Waals surface area contributed by atoms with E-state index < -0.39 is 0 Å². The molecule has 114 valence electrons. The minimum atomic E-state index is 0.843. The van der Waals surface area contributed by atoms with Crippen molar-refractivity contribution in [1.82, 2.24) is 24.5 Å². The molecular weight excluding hydrogens is 294 g/mol. The van der Waals surface area contributed by atoms with E-state index in [1.165, 1.54) is 32.4 Å². The molecule has 0 radical (unpaired) electrons. The van der Waals surface area contributed by atoms with Gasteiger partial charge in [-0.2, -0.15) is 0 Å². The number of para-hydroxylation sites is 1. The predicted molar refractivity (Wildman–Crippen MR) is 89.3 cm³/mol. The Hall–Kier alpha value is -1.66. The molecule has 2 aromatic heterocycles. The molecule has 0 amide bonds. The van der Waals surface area contributed by atoms with Gasteiger partial charge in [-0.3, -0.25) is 0 Å². The molecule has 22 heavy (non-hydrogen) atoms. The van der Waals surface area contributed by atoms with Crippen molar-refractivity contribution >= 4 is 28.3 Å². The average molecular weight is 313 g/mol. The first-order chi connectivity index (χ1) is 10.9. The summed E-state index contributed by atoms with van der Waals surface area (Å²) in [5.41, 5.74) is 1.86. The maximum Gasteiger partial charge on any atom is 0.209 e. The molecule has 0 bridgehead atoms. The number of fused-ring (bicyclic) bond motifs is 3. The van der Waals surface area contributed by atoms with Crippen molar-refractivity contribution < 1.29 is 0 Å². The molecule has 1 aliphatic heterocycles. The highest BCUT2D eigenvalue weighted by Crippen LogP contribution is 2.20. The molecule has 0 unspecified atom stereocenters. The van der Waals surface area contributed by atoms with Gasteiger partial charge in [0, 0.05) is 17.7 Å². The Morgan fingerprint density at radius 1 is 1.09 bits per heavy atom. The van der Waals surface area contributed by atoms with Gasteiger partial charge >= 0.3 is 0 Å². The van der Waals surface area contributed by atoms with E-state index in [1.54, 1.807) is 22.6 Å². The van der Waals surface area contributed by atoms with Crippen LogP contribution in [0.15, 0.2) is 35.7 Å². The van der Waals surface area contributed by atoms with Crippen LogP contribution in [0.1, 0.15) is 19.3 Å². The maximum absolute atomic E-state index is 4.68. The number of hydrogen-bond acceptors (Lipinski definition) is 5. The quantitative estimate of drug-likeness (QED) is 0.693. The Morgan fingerprint density at radius 3 is 2.86 bits per heavy atom. The van der Waals surface area contributed by atoms with Crippen LogP contribution in [-0.2, 0) is 0 Å². The monoisotopic (exact) mass is 313 g/mol. The number of likely N-dealkylation sites (tertiary alicyclic amines) is 1. The summed E-state index contributed by atoms with van der Waals surface area (Å²) in [5, 5.41) is 6.43. The second kappa shape index (κ2) is 6.22. The summed E-state index contributed by atoms with van der Waals surface area (Å²) in [6.07, 6.45) is 5.82. The van der Waals surface area contributed by atoms with Crippen LogP contribution in [0.2, 0.25) is 0 Å². The number of rotatable bonds is 4. The molecule has 1 aromatic carbocycles. The third kappa shape index (κ3) is 2.80. The van der Waals surface area contributed by atoms with Crippen molar-refractivity contribution in [3.05, 3.63) is 30.6 Å². The van der Waals surface area contributed by atoms with E-state index in [2.05, 4.69) is 26.0 Å². The van der Waals surface area contributed by atoms with E-state index in [-0.39, 0.29) is 0 Å². The Balaban J connectivity index is 1.49. The minimum Gasteiger partial charge on any atom is -0.303 e. The second-order valence-corrected chi connectivity index (χ2v) is 6.74. The smallest absolute Gasteiger partial charge is 0.209 e. The van der Waals surface area contributed by atoms with E-state index in [0.717, 1.165) is 34.0 Å². The highest BCUT2D eigenvalue weighted by Gasteiger charge is 2.11. The molecule has 5 nitrogen and oxygen atoms in total. The van der Waals surface area contributed by atoms with Crippen molar-refractivity contribution in [2.45, 2.75) is 24.4 Å². The van der Waals surface area contributed by atoms with Crippen LogP contribution < -0.4 is 0 Å². The number of benzene rings is 1. The summed E-state index contributed by atoms with van der Waals surface area (Å²) < 4.78 is 1.78. The van der Waals surface area contributed by atoms with Gasteiger partial charge in [-0.25, -0.2) is 14.5 Å². The van der Waals surface area contributed by atoms with Crippen LogP contribution in [0.25, 0.3) is 16.6 Å². The standard InChI is InChI=1S/C16H19N5S/c1-4-8-20(9-5-1)10-11-22-16-18-15-13-6-2-3-7-14(13)17-12-21(15)19-16/h2-3,6-7,12H,1,4-5,8-11H2. The van der Waals surface area contributed by atoms with Crippen LogP contribution >= 0.6 is 11.8 Å². The summed E-state index contributed by atoms with van der Waals surface area (Å²) in [6.45, 7) is 3.61. The lowest BCUT2D eigenvalue weighted by Crippen LogP contribution is -2.31. The number of hydrogen-bond donors (Lipinski definition) is 0. The third-order valence-corrected chi connectivity index (χ3v) is 4.97. The first kappa shape index (κ1) is 14.0. The Bertz CT molecular complexity index is 778. The average Bonchev–Trinajstić information content (AvgIpc) is 2.99. The highest BCUT2D eigenvalue weighted by atomic mass is 32.2. The van der Waals surface area contributed by atoms with Gasteiger partial charge in [0.05, 0.1) is 5.52 Å². The van der Waals surface area contributed by atoms with E-state index in [0.29, 0.717) is 0 Å². The van der Waals surface area contributed by atoms with E-state index in [4.69, 9.17) is 0 Å². The Morgan fingerprint density at radius 2 is 1.95 bits per heavy atom. The molecular formula is C16H19N5S. The van der Waals surface area contributed by atoms with Gasteiger partial charge in [0.25, 0.3) is 0 Å². The summed E-state index contributed by atoms with van der Waals surface area (Å²) in [7, 11) is 0. The highest BCUT2D eigenvalue weighted by molar-refractivity contribution is 7.99. The number of aromatic nitrogens is 4. The van der Waals surface area contributed by atoms with Crippen molar-refractivity contribution in [3.63, 3.8) is 0 Å². The number of piperidine rings is 1. The number of thioether (sulfide) groups is 1. The second-order valence-electron chi connectivity index (χ2n) is 5.68. The van der Waals surface area contributed by atoms with Gasteiger partial charge < -0.3 is 4.90 Å². The summed E-state index contributed by atoms with van der Waals surface area (Å²) in [4.78, 5) is 11.6. The fourth-order valence-corrected chi connectivity index (χ4v) is 3.80. The van der Waals surface area contributed by atoms with Crippen molar-refractivity contribution in [3.8, 4) is 0 Å². The minimum absolute atomic E-state index is 0.843. The molecule has 3 aromatic rings. The van der Waals surface area contributed by atoms with Crippen LogP contribution in [0, 0.1) is 0 Å². The Labute approximate surface area is 133 Å². The fourth-order valence-electron chi connectivity index (χ4n) is 2.97. The van der Waals surface area contributed by atoms with Gasteiger partial charge in [-0.15, -0.1) is 5.10 Å². The van der Waals surface area contributed by atoms with Gasteiger partial charge in [-0.05, 0) is 38.1 Å². The molecule has 3 heterocycles. The molecule has 6 heteroatoms. The topological polar surface area (TPSA) is 46.3 Å². The lowest BCUT2D eigenvalue weighted by molar-refractivity contribution is 0.242. The molecule has 1 saturated heterocycles. The van der Waals surface area contributed by atoms with Gasteiger partial charge in [-0.1, -0.05) is 30.3 Å². The largest absolute Gasteiger partial charge is 0.303 e. The normalized spacial score (nSPS) is 16.5. The van der Waals surface area contributed by atoms with Crippen molar-refractivity contribution in [2.24, 2.45) is 0 Å². The van der Waals surface area contributed by atoms with Gasteiger partial charge in [0.1, 0.15) is 6.33 Å². The molecule has 0 spiro atoms. The zero-order chi connectivity index (χ0) is 14.8. The third-order valence-electron chi connectivity index (χ3n) is 4.15. The van der Waals surface area contributed by atoms with E-state index >= 15 is 0 Å². The van der Waals surface area contributed by atoms with Crippen LogP contribution in [0.3, 0.4) is 0 Å². The molecule has 0 atom stereocenters. The molecule has 4 rings (SSSR count). The lowest BCUT2D eigenvalue weighted by atomic mass is 10.1. The van der Waals surface area contributed by atoms with Gasteiger partial charge in [0.2, 0.25) is 5.16 Å². The fraction of sp³-hybridized carbons (Fsp3) is 0.438. The van der Waals surface area contributed by atoms with Gasteiger partial charge in [0.15, 0.2) is 5.65 Å². The first-order valence-electron chi connectivity index (χ1n) is 7.85. The molecule has 1 aliphatic rings.